The van der Waals surface area contributed by atoms with Gasteiger partial charge in [0.1, 0.15) is 0 Å². The van der Waals surface area contributed by atoms with E-state index in [0.29, 0.717) is 5.92 Å². The van der Waals surface area contributed by atoms with Gasteiger partial charge in [-0.1, -0.05) is 37.1 Å². The molecule has 3 rings (SSSR count). The van der Waals surface area contributed by atoms with Crippen LogP contribution in [0.15, 0.2) is 24.3 Å². The predicted molar refractivity (Wildman–Crippen MR) is 65.3 cm³/mol. The van der Waals surface area contributed by atoms with Crippen molar-refractivity contribution in [3.05, 3.63) is 35.4 Å². The molecule has 0 spiro atoms. The summed E-state index contributed by atoms with van der Waals surface area (Å²) in [6, 6.07) is 8.67. The van der Waals surface area contributed by atoms with Gasteiger partial charge < -0.3 is 5.11 Å². The van der Waals surface area contributed by atoms with Gasteiger partial charge in [-0.2, -0.15) is 0 Å². The Balaban J connectivity index is 1.77. The van der Waals surface area contributed by atoms with Crippen molar-refractivity contribution in [1.82, 2.24) is 0 Å². The van der Waals surface area contributed by atoms with Gasteiger partial charge in [-0.15, -0.1) is 0 Å². The van der Waals surface area contributed by atoms with Crippen LogP contribution in [0.25, 0.3) is 0 Å². The summed E-state index contributed by atoms with van der Waals surface area (Å²) in [5.41, 5.74) is 2.59. The third-order valence-corrected chi connectivity index (χ3v) is 4.43. The number of hydrogen-bond donors (Lipinski definition) is 1. The molecule has 2 fully saturated rings. The molecule has 0 aliphatic heterocycles. The molecule has 1 N–H and O–H groups in total. The third kappa shape index (κ3) is 1.78. The second-order valence-electron chi connectivity index (χ2n) is 5.43. The van der Waals surface area contributed by atoms with E-state index in [1.807, 2.05) is 0 Å². The minimum atomic E-state index is -0.214. The first-order valence-electron chi connectivity index (χ1n) is 6.62. The Hall–Kier alpha value is -0.820. The van der Waals surface area contributed by atoms with Crippen LogP contribution in [0.4, 0.5) is 0 Å². The van der Waals surface area contributed by atoms with Crippen molar-refractivity contribution in [2.75, 3.05) is 0 Å². The average Bonchev–Trinajstić information content (AvgIpc) is 2.12. The molecule has 0 bridgehead atoms. The van der Waals surface area contributed by atoms with Crippen LogP contribution in [0.5, 0.6) is 0 Å². The average molecular weight is 216 g/mol. The van der Waals surface area contributed by atoms with E-state index in [-0.39, 0.29) is 6.10 Å². The standard InChI is InChI=1S/C15H20O/c16-15(12-6-2-7-12)14-9-3-8-13(10-14)11-4-1-5-11/h3,8-12,15-16H,1-2,4-7H2. The molecule has 1 unspecified atom stereocenters. The molecule has 1 aromatic rings. The van der Waals surface area contributed by atoms with E-state index < -0.39 is 0 Å². The van der Waals surface area contributed by atoms with Crippen molar-refractivity contribution in [2.45, 2.75) is 50.5 Å². The van der Waals surface area contributed by atoms with Crippen LogP contribution in [-0.4, -0.2) is 5.11 Å². The molecule has 1 heteroatoms. The second-order valence-corrected chi connectivity index (χ2v) is 5.43. The quantitative estimate of drug-likeness (QED) is 0.815. The van der Waals surface area contributed by atoms with Crippen LogP contribution in [0, 0.1) is 5.92 Å². The number of aliphatic hydroxyl groups is 1. The Kier molecular flexibility index (Phi) is 2.72. The molecule has 1 nitrogen and oxygen atoms in total. The van der Waals surface area contributed by atoms with Gasteiger partial charge in [0.05, 0.1) is 6.10 Å². The molecule has 0 amide bonds. The van der Waals surface area contributed by atoms with Crippen LogP contribution in [0.1, 0.15) is 61.7 Å². The Morgan fingerprint density at radius 3 is 2.38 bits per heavy atom. The van der Waals surface area contributed by atoms with Crippen LogP contribution >= 0.6 is 0 Å². The maximum Gasteiger partial charge on any atom is 0.0818 e. The molecule has 2 aliphatic carbocycles. The molecular weight excluding hydrogens is 196 g/mol. The van der Waals surface area contributed by atoms with Crippen molar-refractivity contribution in [2.24, 2.45) is 5.92 Å². The lowest BCUT2D eigenvalue weighted by Gasteiger charge is -2.31. The highest BCUT2D eigenvalue weighted by atomic mass is 16.3. The summed E-state index contributed by atoms with van der Waals surface area (Å²) in [6.45, 7) is 0. The second kappa shape index (κ2) is 4.21. The zero-order valence-electron chi connectivity index (χ0n) is 9.73. The Morgan fingerprint density at radius 2 is 1.81 bits per heavy atom. The van der Waals surface area contributed by atoms with Crippen molar-refractivity contribution < 1.29 is 5.11 Å². The normalized spacial score (nSPS) is 23.6. The largest absolute Gasteiger partial charge is 0.388 e. The van der Waals surface area contributed by atoms with Crippen molar-refractivity contribution in [3.63, 3.8) is 0 Å². The minimum absolute atomic E-state index is 0.214. The smallest absolute Gasteiger partial charge is 0.0818 e. The fraction of sp³-hybridized carbons (Fsp3) is 0.600. The zero-order valence-corrected chi connectivity index (χ0v) is 9.73. The van der Waals surface area contributed by atoms with Crippen molar-refractivity contribution in [3.8, 4) is 0 Å². The van der Waals surface area contributed by atoms with Crippen LogP contribution < -0.4 is 0 Å². The first-order chi connectivity index (χ1) is 7.84. The molecule has 0 saturated heterocycles. The summed E-state index contributed by atoms with van der Waals surface area (Å²) < 4.78 is 0. The highest BCUT2D eigenvalue weighted by Gasteiger charge is 2.27. The number of benzene rings is 1. The minimum Gasteiger partial charge on any atom is -0.388 e. The first kappa shape index (κ1) is 10.3. The van der Waals surface area contributed by atoms with Gasteiger partial charge in [0.25, 0.3) is 0 Å². The molecule has 1 aromatic carbocycles. The van der Waals surface area contributed by atoms with E-state index >= 15 is 0 Å². The molecule has 86 valence electrons. The van der Waals surface area contributed by atoms with Gasteiger partial charge >= 0.3 is 0 Å². The van der Waals surface area contributed by atoms with E-state index in [4.69, 9.17) is 0 Å². The lowest BCUT2D eigenvalue weighted by Crippen LogP contribution is -2.20. The lowest BCUT2D eigenvalue weighted by molar-refractivity contribution is 0.0620. The number of rotatable bonds is 3. The Morgan fingerprint density at radius 1 is 1.06 bits per heavy atom. The summed E-state index contributed by atoms with van der Waals surface area (Å²) in [4.78, 5) is 0. The lowest BCUT2D eigenvalue weighted by atomic mass is 9.76. The Bertz CT molecular complexity index is 363. The molecular formula is C15H20O. The molecule has 2 saturated carbocycles. The SMILES string of the molecule is OC(c1cccc(C2CCC2)c1)C1CCC1. The predicted octanol–water partition coefficient (Wildman–Crippen LogP) is 3.79. The highest BCUT2D eigenvalue weighted by Crippen LogP contribution is 2.40. The van der Waals surface area contributed by atoms with Gasteiger partial charge in [-0.05, 0) is 48.6 Å². The maximum absolute atomic E-state index is 10.2. The van der Waals surface area contributed by atoms with Gasteiger partial charge in [0.15, 0.2) is 0 Å². The van der Waals surface area contributed by atoms with Gasteiger partial charge in [-0.25, -0.2) is 0 Å². The van der Waals surface area contributed by atoms with E-state index in [9.17, 15) is 5.11 Å². The van der Waals surface area contributed by atoms with Gasteiger partial charge in [0, 0.05) is 0 Å². The van der Waals surface area contributed by atoms with Crippen molar-refractivity contribution >= 4 is 0 Å². The van der Waals surface area contributed by atoms with E-state index in [2.05, 4.69) is 24.3 Å². The number of hydrogen-bond acceptors (Lipinski definition) is 1. The molecule has 2 aliphatic rings. The summed E-state index contributed by atoms with van der Waals surface area (Å²) in [6.07, 6.45) is 7.54. The fourth-order valence-corrected chi connectivity index (χ4v) is 2.77. The van der Waals surface area contributed by atoms with Crippen LogP contribution in [0.2, 0.25) is 0 Å². The fourth-order valence-electron chi connectivity index (χ4n) is 2.77. The topological polar surface area (TPSA) is 20.2 Å². The summed E-state index contributed by atoms with van der Waals surface area (Å²) >= 11 is 0. The molecule has 1 atom stereocenters. The highest BCUT2D eigenvalue weighted by molar-refractivity contribution is 5.29. The summed E-state index contributed by atoms with van der Waals surface area (Å²) in [7, 11) is 0. The monoisotopic (exact) mass is 216 g/mol. The summed E-state index contributed by atoms with van der Waals surface area (Å²) in [5.74, 6) is 1.30. The van der Waals surface area contributed by atoms with E-state index in [0.717, 1.165) is 11.5 Å². The van der Waals surface area contributed by atoms with Gasteiger partial charge in [-0.3, -0.25) is 0 Å². The molecule has 16 heavy (non-hydrogen) atoms. The molecule has 0 heterocycles. The van der Waals surface area contributed by atoms with Crippen LogP contribution in [0.3, 0.4) is 0 Å². The summed E-state index contributed by atoms with van der Waals surface area (Å²) in [5, 5.41) is 10.2. The third-order valence-electron chi connectivity index (χ3n) is 4.43. The van der Waals surface area contributed by atoms with E-state index in [1.165, 1.54) is 44.1 Å². The van der Waals surface area contributed by atoms with Crippen molar-refractivity contribution in [1.29, 1.82) is 0 Å². The first-order valence-corrected chi connectivity index (χ1v) is 6.62. The molecule has 0 radical (unpaired) electrons. The van der Waals surface area contributed by atoms with Gasteiger partial charge in [0.2, 0.25) is 0 Å². The number of aliphatic hydroxyl groups excluding tert-OH is 1. The van der Waals surface area contributed by atoms with Crippen LogP contribution in [-0.2, 0) is 0 Å². The maximum atomic E-state index is 10.2. The Labute approximate surface area is 97.5 Å². The molecule has 0 aromatic heterocycles. The zero-order chi connectivity index (χ0) is 11.0. The van der Waals surface area contributed by atoms with E-state index in [1.54, 1.807) is 0 Å².